The minimum Gasteiger partial charge on any atom is -0.483 e. The molecule has 2 aromatic rings. The quantitative estimate of drug-likeness (QED) is 0.857. The van der Waals surface area contributed by atoms with E-state index in [1.165, 1.54) is 7.05 Å². The molecule has 0 aromatic heterocycles. The lowest BCUT2D eigenvalue weighted by Crippen LogP contribution is -2.25. The number of amides is 1. The van der Waals surface area contributed by atoms with Gasteiger partial charge in [0.15, 0.2) is 12.4 Å². The molecule has 1 N–H and O–H groups in total. The van der Waals surface area contributed by atoms with E-state index in [-0.39, 0.29) is 18.3 Å². The number of carbonyl (C=O) groups excluding carboxylic acids is 2. The Balaban J connectivity index is 2.31. The summed E-state index contributed by atoms with van der Waals surface area (Å²) in [6.07, 6.45) is 0. The average Bonchev–Trinajstić information content (AvgIpc) is 2.53. The molecule has 0 atom stereocenters. The van der Waals surface area contributed by atoms with E-state index in [0.29, 0.717) is 16.9 Å². The third kappa shape index (κ3) is 3.69. The molecule has 0 saturated carbocycles. The summed E-state index contributed by atoms with van der Waals surface area (Å²) in [5.74, 6) is 0.0537. The fourth-order valence-corrected chi connectivity index (χ4v) is 1.91. The minimum atomic E-state index is -0.242. The Bertz CT molecular complexity index is 650. The number of aryl methyl sites for hydroxylation is 1. The number of rotatable bonds is 5. The van der Waals surface area contributed by atoms with Crippen molar-refractivity contribution in [1.29, 1.82) is 0 Å². The fraction of sp³-hybridized carbons (Fsp3) is 0.176. The van der Waals surface area contributed by atoms with Crippen molar-refractivity contribution in [3.8, 4) is 5.75 Å². The number of hydrogen-bond donors (Lipinski definition) is 1. The van der Waals surface area contributed by atoms with Crippen LogP contribution in [0.3, 0.4) is 0 Å². The predicted molar refractivity (Wildman–Crippen MR) is 80.6 cm³/mol. The number of hydrogen-bond acceptors (Lipinski definition) is 3. The van der Waals surface area contributed by atoms with Crippen molar-refractivity contribution < 1.29 is 14.3 Å². The second kappa shape index (κ2) is 6.70. The molecule has 0 unspecified atom stereocenters. The minimum absolute atomic E-state index is 0.116. The molecule has 2 aromatic carbocycles. The van der Waals surface area contributed by atoms with Crippen molar-refractivity contribution in [2.75, 3.05) is 13.7 Å². The standard InChI is InChI=1S/C17H17NO3/c1-12-8-9-15(21-11-16(19)18-2)14(10-12)17(20)13-6-4-3-5-7-13/h3-10H,11H2,1-2H3,(H,18,19). The van der Waals surface area contributed by atoms with Gasteiger partial charge in [-0.2, -0.15) is 0 Å². The van der Waals surface area contributed by atoms with Crippen LogP contribution in [0.4, 0.5) is 0 Å². The third-order valence-corrected chi connectivity index (χ3v) is 3.05. The summed E-state index contributed by atoms with van der Waals surface area (Å²) < 4.78 is 5.45. The van der Waals surface area contributed by atoms with Crippen LogP contribution in [0.2, 0.25) is 0 Å². The van der Waals surface area contributed by atoms with Crippen LogP contribution in [0, 0.1) is 6.92 Å². The highest BCUT2D eigenvalue weighted by Crippen LogP contribution is 2.23. The molecule has 0 bridgehead atoms. The van der Waals surface area contributed by atoms with E-state index in [9.17, 15) is 9.59 Å². The van der Waals surface area contributed by atoms with Crippen LogP contribution in [0.15, 0.2) is 48.5 Å². The number of carbonyl (C=O) groups is 2. The molecule has 2 rings (SSSR count). The van der Waals surface area contributed by atoms with Crippen molar-refractivity contribution >= 4 is 11.7 Å². The second-order valence-electron chi connectivity index (χ2n) is 4.66. The SMILES string of the molecule is CNC(=O)COc1ccc(C)cc1C(=O)c1ccccc1. The highest BCUT2D eigenvalue weighted by Gasteiger charge is 2.15. The first-order valence-corrected chi connectivity index (χ1v) is 6.65. The molecule has 0 saturated heterocycles. The Morgan fingerprint density at radius 3 is 2.48 bits per heavy atom. The van der Waals surface area contributed by atoms with Gasteiger partial charge < -0.3 is 10.1 Å². The van der Waals surface area contributed by atoms with Gasteiger partial charge in [-0.3, -0.25) is 9.59 Å². The normalized spacial score (nSPS) is 10.0. The van der Waals surface area contributed by atoms with Gasteiger partial charge in [-0.15, -0.1) is 0 Å². The van der Waals surface area contributed by atoms with Gasteiger partial charge in [-0.25, -0.2) is 0 Å². The van der Waals surface area contributed by atoms with Gasteiger partial charge >= 0.3 is 0 Å². The first-order valence-electron chi connectivity index (χ1n) is 6.65. The van der Waals surface area contributed by atoms with E-state index in [0.717, 1.165) is 5.56 Å². The third-order valence-electron chi connectivity index (χ3n) is 3.05. The first kappa shape index (κ1) is 14.8. The van der Waals surface area contributed by atoms with Gasteiger partial charge in [0.25, 0.3) is 5.91 Å². The van der Waals surface area contributed by atoms with Crippen LogP contribution < -0.4 is 10.1 Å². The molecule has 4 nitrogen and oxygen atoms in total. The fourth-order valence-electron chi connectivity index (χ4n) is 1.91. The lowest BCUT2D eigenvalue weighted by molar-refractivity contribution is -0.122. The summed E-state index contributed by atoms with van der Waals surface area (Å²) in [5.41, 5.74) is 2.01. The van der Waals surface area contributed by atoms with Gasteiger partial charge in [0.2, 0.25) is 0 Å². The molecular weight excluding hydrogens is 266 g/mol. The largest absolute Gasteiger partial charge is 0.483 e. The van der Waals surface area contributed by atoms with Crippen molar-refractivity contribution in [3.63, 3.8) is 0 Å². The van der Waals surface area contributed by atoms with E-state index in [1.807, 2.05) is 31.2 Å². The molecule has 0 aliphatic heterocycles. The van der Waals surface area contributed by atoms with Crippen LogP contribution in [-0.4, -0.2) is 25.3 Å². The number of ether oxygens (including phenoxy) is 1. The Morgan fingerprint density at radius 1 is 1.10 bits per heavy atom. The predicted octanol–water partition coefficient (Wildman–Crippen LogP) is 2.35. The maximum absolute atomic E-state index is 12.6. The van der Waals surface area contributed by atoms with Gasteiger partial charge in [0, 0.05) is 12.6 Å². The van der Waals surface area contributed by atoms with Crippen LogP contribution in [-0.2, 0) is 4.79 Å². The number of ketones is 1. The summed E-state index contributed by atoms with van der Waals surface area (Å²) in [4.78, 5) is 23.8. The van der Waals surface area contributed by atoms with Crippen molar-refractivity contribution in [2.24, 2.45) is 0 Å². The van der Waals surface area contributed by atoms with Crippen LogP contribution >= 0.6 is 0 Å². The molecule has 21 heavy (non-hydrogen) atoms. The van der Waals surface area contributed by atoms with Gasteiger partial charge in [-0.05, 0) is 19.1 Å². The second-order valence-corrected chi connectivity index (χ2v) is 4.66. The zero-order valence-corrected chi connectivity index (χ0v) is 12.1. The average molecular weight is 283 g/mol. The topological polar surface area (TPSA) is 55.4 Å². The summed E-state index contributed by atoms with van der Waals surface area (Å²) in [7, 11) is 1.54. The number of nitrogens with one attached hydrogen (secondary N) is 1. The van der Waals surface area contributed by atoms with Gasteiger partial charge in [0.1, 0.15) is 5.75 Å². The summed E-state index contributed by atoms with van der Waals surface area (Å²) >= 11 is 0. The molecule has 0 spiro atoms. The lowest BCUT2D eigenvalue weighted by atomic mass is 10.0. The number of benzene rings is 2. The molecule has 0 aliphatic rings. The highest BCUT2D eigenvalue weighted by molar-refractivity contribution is 6.10. The molecule has 0 heterocycles. The molecule has 0 aliphatic carbocycles. The van der Waals surface area contributed by atoms with Crippen molar-refractivity contribution in [3.05, 3.63) is 65.2 Å². The van der Waals surface area contributed by atoms with Gasteiger partial charge in [-0.1, -0.05) is 42.0 Å². The summed E-state index contributed by atoms with van der Waals surface area (Å²) in [6.45, 7) is 1.79. The van der Waals surface area contributed by atoms with E-state index >= 15 is 0 Å². The molecular formula is C17H17NO3. The van der Waals surface area contributed by atoms with Crippen LogP contribution in [0.25, 0.3) is 0 Å². The Hall–Kier alpha value is -2.62. The van der Waals surface area contributed by atoms with E-state index < -0.39 is 0 Å². The Morgan fingerprint density at radius 2 is 1.81 bits per heavy atom. The lowest BCUT2D eigenvalue weighted by Gasteiger charge is -2.11. The smallest absolute Gasteiger partial charge is 0.257 e. The van der Waals surface area contributed by atoms with Crippen molar-refractivity contribution in [2.45, 2.75) is 6.92 Å². The van der Waals surface area contributed by atoms with E-state index in [4.69, 9.17) is 4.74 Å². The van der Waals surface area contributed by atoms with Crippen molar-refractivity contribution in [1.82, 2.24) is 5.32 Å². The number of likely N-dealkylation sites (N-methyl/N-ethyl adjacent to an activating group) is 1. The van der Waals surface area contributed by atoms with E-state index in [1.54, 1.807) is 24.3 Å². The summed E-state index contributed by atoms with van der Waals surface area (Å²) in [5, 5.41) is 2.48. The Labute approximate surface area is 123 Å². The monoisotopic (exact) mass is 283 g/mol. The van der Waals surface area contributed by atoms with Gasteiger partial charge in [0.05, 0.1) is 5.56 Å². The highest BCUT2D eigenvalue weighted by atomic mass is 16.5. The molecule has 1 amide bonds. The molecule has 0 radical (unpaired) electrons. The Kier molecular flexibility index (Phi) is 4.72. The molecule has 0 fully saturated rings. The summed E-state index contributed by atoms with van der Waals surface area (Å²) in [6, 6.07) is 14.3. The maximum atomic E-state index is 12.6. The zero-order chi connectivity index (χ0) is 15.2. The van der Waals surface area contributed by atoms with Crippen LogP contribution in [0.1, 0.15) is 21.5 Å². The zero-order valence-electron chi connectivity index (χ0n) is 12.1. The molecule has 4 heteroatoms. The first-order chi connectivity index (χ1) is 10.1. The van der Waals surface area contributed by atoms with Crippen LogP contribution in [0.5, 0.6) is 5.75 Å². The molecule has 108 valence electrons. The van der Waals surface area contributed by atoms with E-state index in [2.05, 4.69) is 5.32 Å². The maximum Gasteiger partial charge on any atom is 0.257 e.